The molecule has 0 fully saturated rings. The zero-order valence-electron chi connectivity index (χ0n) is 13.7. The third-order valence-electron chi connectivity index (χ3n) is 3.67. The van der Waals surface area contributed by atoms with Crippen molar-refractivity contribution in [2.24, 2.45) is 5.73 Å². The van der Waals surface area contributed by atoms with Crippen LogP contribution in [0.5, 0.6) is 0 Å². The molecular weight excluding hydrogens is 264 g/mol. The van der Waals surface area contributed by atoms with Gasteiger partial charge in [0.05, 0.1) is 6.61 Å². The fourth-order valence-corrected chi connectivity index (χ4v) is 2.26. The monoisotopic (exact) mass is 294 g/mol. The van der Waals surface area contributed by atoms with Crippen molar-refractivity contribution in [2.45, 2.75) is 32.2 Å². The molecule has 0 spiro atoms. The zero-order chi connectivity index (χ0) is 15.5. The molecule has 0 saturated heterocycles. The molecule has 0 aliphatic carbocycles. The lowest BCUT2D eigenvalue weighted by Gasteiger charge is -2.25. The third kappa shape index (κ3) is 6.93. The van der Waals surface area contributed by atoms with E-state index < -0.39 is 0 Å². The molecule has 0 aromatic heterocycles. The second-order valence-electron chi connectivity index (χ2n) is 5.37. The summed E-state index contributed by atoms with van der Waals surface area (Å²) < 4.78 is 10.3. The maximum Gasteiger partial charge on any atom is 0.0637 e. The SMILES string of the molecule is CCC(N)Cc1ccc(N(CCCOC)CCOC)cc1. The first-order chi connectivity index (χ1) is 10.2. The second kappa shape index (κ2) is 10.6. The van der Waals surface area contributed by atoms with Crippen molar-refractivity contribution in [3.63, 3.8) is 0 Å². The summed E-state index contributed by atoms with van der Waals surface area (Å²) in [5.74, 6) is 0. The van der Waals surface area contributed by atoms with E-state index in [0.29, 0.717) is 0 Å². The molecule has 2 N–H and O–H groups in total. The number of rotatable bonds is 11. The molecule has 0 heterocycles. The molecule has 0 aliphatic heterocycles. The third-order valence-corrected chi connectivity index (χ3v) is 3.67. The summed E-state index contributed by atoms with van der Waals surface area (Å²) in [4.78, 5) is 2.34. The topological polar surface area (TPSA) is 47.7 Å². The van der Waals surface area contributed by atoms with Crippen molar-refractivity contribution in [2.75, 3.05) is 45.4 Å². The zero-order valence-corrected chi connectivity index (χ0v) is 13.7. The van der Waals surface area contributed by atoms with Crippen LogP contribution in [0.15, 0.2) is 24.3 Å². The summed E-state index contributed by atoms with van der Waals surface area (Å²) in [7, 11) is 3.48. The van der Waals surface area contributed by atoms with Crippen molar-refractivity contribution < 1.29 is 9.47 Å². The van der Waals surface area contributed by atoms with Gasteiger partial charge >= 0.3 is 0 Å². The summed E-state index contributed by atoms with van der Waals surface area (Å²) in [5, 5.41) is 0. The van der Waals surface area contributed by atoms with E-state index in [1.54, 1.807) is 14.2 Å². The predicted molar refractivity (Wildman–Crippen MR) is 89.0 cm³/mol. The van der Waals surface area contributed by atoms with Gasteiger partial charge in [0.15, 0.2) is 0 Å². The Hall–Kier alpha value is -1.10. The van der Waals surface area contributed by atoms with Gasteiger partial charge in [-0.2, -0.15) is 0 Å². The second-order valence-corrected chi connectivity index (χ2v) is 5.37. The first-order valence-electron chi connectivity index (χ1n) is 7.78. The minimum Gasteiger partial charge on any atom is -0.385 e. The first kappa shape index (κ1) is 18.0. The van der Waals surface area contributed by atoms with Crippen LogP contribution in [0.1, 0.15) is 25.3 Å². The number of benzene rings is 1. The van der Waals surface area contributed by atoms with Gasteiger partial charge in [0, 0.05) is 45.6 Å². The minimum absolute atomic E-state index is 0.252. The number of nitrogens with zero attached hydrogens (tertiary/aromatic N) is 1. The van der Waals surface area contributed by atoms with E-state index in [-0.39, 0.29) is 6.04 Å². The van der Waals surface area contributed by atoms with Gasteiger partial charge in [-0.05, 0) is 37.0 Å². The van der Waals surface area contributed by atoms with Crippen LogP contribution in [-0.4, -0.2) is 46.6 Å². The summed E-state index contributed by atoms with van der Waals surface area (Å²) >= 11 is 0. The number of hydrogen-bond acceptors (Lipinski definition) is 4. The smallest absolute Gasteiger partial charge is 0.0637 e. The van der Waals surface area contributed by atoms with Gasteiger partial charge in [0.2, 0.25) is 0 Å². The van der Waals surface area contributed by atoms with Crippen molar-refractivity contribution in [3.05, 3.63) is 29.8 Å². The van der Waals surface area contributed by atoms with E-state index in [9.17, 15) is 0 Å². The van der Waals surface area contributed by atoms with E-state index in [4.69, 9.17) is 15.2 Å². The summed E-state index contributed by atoms with van der Waals surface area (Å²) in [6, 6.07) is 8.98. The maximum absolute atomic E-state index is 6.01. The lowest BCUT2D eigenvalue weighted by molar-refractivity contribution is 0.191. The van der Waals surface area contributed by atoms with Gasteiger partial charge in [-0.15, -0.1) is 0 Å². The minimum atomic E-state index is 0.252. The Labute approximate surface area is 129 Å². The fourth-order valence-electron chi connectivity index (χ4n) is 2.26. The molecular formula is C17H30N2O2. The largest absolute Gasteiger partial charge is 0.385 e. The van der Waals surface area contributed by atoms with Gasteiger partial charge in [0.25, 0.3) is 0 Å². The van der Waals surface area contributed by atoms with Crippen molar-refractivity contribution in [1.82, 2.24) is 0 Å². The quantitative estimate of drug-likeness (QED) is 0.637. The molecule has 21 heavy (non-hydrogen) atoms. The molecule has 4 heteroatoms. The van der Waals surface area contributed by atoms with E-state index in [0.717, 1.165) is 45.6 Å². The molecule has 0 aliphatic rings. The molecule has 1 aromatic carbocycles. The van der Waals surface area contributed by atoms with Crippen molar-refractivity contribution >= 4 is 5.69 Å². The van der Waals surface area contributed by atoms with Gasteiger partial charge < -0.3 is 20.1 Å². The van der Waals surface area contributed by atoms with Crippen LogP contribution in [0.4, 0.5) is 5.69 Å². The van der Waals surface area contributed by atoms with Crippen LogP contribution in [0.25, 0.3) is 0 Å². The van der Waals surface area contributed by atoms with Gasteiger partial charge in [-0.1, -0.05) is 19.1 Å². The average molecular weight is 294 g/mol. The van der Waals surface area contributed by atoms with Crippen molar-refractivity contribution in [1.29, 1.82) is 0 Å². The predicted octanol–water partition coefficient (Wildman–Crippen LogP) is 2.46. The highest BCUT2D eigenvalue weighted by molar-refractivity contribution is 5.47. The Balaban J connectivity index is 2.63. The Morgan fingerprint density at radius 2 is 1.71 bits per heavy atom. The van der Waals surface area contributed by atoms with Crippen LogP contribution in [-0.2, 0) is 15.9 Å². The van der Waals surface area contributed by atoms with Gasteiger partial charge in [-0.25, -0.2) is 0 Å². The molecule has 1 unspecified atom stereocenters. The standard InChI is InChI=1S/C17H30N2O2/c1-4-16(18)14-15-6-8-17(9-7-15)19(11-13-21-3)10-5-12-20-2/h6-9,16H,4-5,10-14,18H2,1-3H3. The number of methoxy groups -OCH3 is 2. The first-order valence-corrected chi connectivity index (χ1v) is 7.78. The summed E-state index contributed by atoms with van der Waals surface area (Å²) in [5.41, 5.74) is 8.54. The molecule has 4 nitrogen and oxygen atoms in total. The van der Waals surface area contributed by atoms with Crippen LogP contribution in [0.2, 0.25) is 0 Å². The molecule has 0 saturated carbocycles. The van der Waals surface area contributed by atoms with Gasteiger partial charge in [0.1, 0.15) is 0 Å². The number of nitrogens with two attached hydrogens (primary N) is 1. The average Bonchev–Trinajstić information content (AvgIpc) is 2.51. The maximum atomic E-state index is 6.01. The molecule has 120 valence electrons. The Morgan fingerprint density at radius 3 is 2.29 bits per heavy atom. The Bertz CT molecular complexity index is 368. The number of ether oxygens (including phenoxy) is 2. The van der Waals surface area contributed by atoms with Crippen LogP contribution >= 0.6 is 0 Å². The Kier molecular flexibility index (Phi) is 9.06. The molecule has 1 aromatic rings. The van der Waals surface area contributed by atoms with E-state index in [2.05, 4.69) is 36.1 Å². The lowest BCUT2D eigenvalue weighted by atomic mass is 10.0. The highest BCUT2D eigenvalue weighted by Crippen LogP contribution is 2.16. The van der Waals surface area contributed by atoms with Crippen molar-refractivity contribution in [3.8, 4) is 0 Å². The van der Waals surface area contributed by atoms with E-state index >= 15 is 0 Å². The number of anilines is 1. The number of hydrogen-bond donors (Lipinski definition) is 1. The van der Waals surface area contributed by atoms with Crippen LogP contribution in [0, 0.1) is 0 Å². The molecule has 0 radical (unpaired) electrons. The van der Waals surface area contributed by atoms with Gasteiger partial charge in [-0.3, -0.25) is 0 Å². The summed E-state index contributed by atoms with van der Waals surface area (Å²) in [6.07, 6.45) is 2.97. The van der Waals surface area contributed by atoms with Crippen LogP contribution in [0.3, 0.4) is 0 Å². The molecule has 0 bridgehead atoms. The highest BCUT2D eigenvalue weighted by Gasteiger charge is 2.07. The summed E-state index contributed by atoms with van der Waals surface area (Å²) in [6.45, 7) is 5.52. The molecule has 1 rings (SSSR count). The molecule has 0 amide bonds. The normalized spacial score (nSPS) is 12.4. The highest BCUT2D eigenvalue weighted by atomic mass is 16.5. The Morgan fingerprint density at radius 1 is 1.05 bits per heavy atom. The lowest BCUT2D eigenvalue weighted by Crippen LogP contribution is -2.29. The van der Waals surface area contributed by atoms with E-state index in [1.165, 1.54) is 11.3 Å². The van der Waals surface area contributed by atoms with Crippen LogP contribution < -0.4 is 10.6 Å². The molecule has 1 atom stereocenters. The van der Waals surface area contributed by atoms with E-state index in [1.807, 2.05) is 0 Å². The fraction of sp³-hybridized carbons (Fsp3) is 0.647.